The van der Waals surface area contributed by atoms with Gasteiger partial charge in [0.05, 0.1) is 22.6 Å². The summed E-state index contributed by atoms with van der Waals surface area (Å²) in [5, 5.41) is -0.182. The van der Waals surface area contributed by atoms with E-state index in [9.17, 15) is 21.6 Å². The second kappa shape index (κ2) is 8.41. The average molecular weight is 450 g/mol. The number of ether oxygens (including phenoxy) is 1. The van der Waals surface area contributed by atoms with Gasteiger partial charge in [-0.3, -0.25) is 4.18 Å². The first-order valence-corrected chi connectivity index (χ1v) is 10.6. The molecule has 3 rings (SSSR count). The standard InChI is InChI=1S/C19H19ClF3NO4S/c1-13-4-7-16(8-5-13)29(25,26)27-12-15-3-2-10-24(15)14-6-9-18(17(20)11-14)28-19(21,22)23/h4-9,11,15H,2-3,10,12H2,1H3/t15-/m1/s1. The van der Waals surface area contributed by atoms with E-state index >= 15 is 0 Å². The van der Waals surface area contributed by atoms with Gasteiger partial charge in [-0.25, -0.2) is 0 Å². The minimum Gasteiger partial charge on any atom is -0.404 e. The summed E-state index contributed by atoms with van der Waals surface area (Å²) in [4.78, 5) is 1.94. The molecule has 1 atom stereocenters. The minimum atomic E-state index is -4.83. The van der Waals surface area contributed by atoms with Gasteiger partial charge in [0.25, 0.3) is 10.1 Å². The van der Waals surface area contributed by atoms with Crippen LogP contribution in [0.3, 0.4) is 0 Å². The topological polar surface area (TPSA) is 55.8 Å². The van der Waals surface area contributed by atoms with Gasteiger partial charge in [0, 0.05) is 12.2 Å². The predicted molar refractivity (Wildman–Crippen MR) is 103 cm³/mol. The van der Waals surface area contributed by atoms with Gasteiger partial charge in [-0.1, -0.05) is 29.3 Å². The Hall–Kier alpha value is -1.97. The molecular formula is C19H19ClF3NO4S. The molecule has 0 saturated carbocycles. The van der Waals surface area contributed by atoms with Crippen LogP contribution >= 0.6 is 11.6 Å². The van der Waals surface area contributed by atoms with Crippen LogP contribution in [0.15, 0.2) is 47.4 Å². The smallest absolute Gasteiger partial charge is 0.404 e. The molecule has 0 N–H and O–H groups in total. The Kier molecular flexibility index (Phi) is 6.30. The number of anilines is 1. The van der Waals surface area contributed by atoms with E-state index in [1.165, 1.54) is 24.3 Å². The third-order valence-corrected chi connectivity index (χ3v) is 6.17. The highest BCUT2D eigenvalue weighted by Crippen LogP contribution is 2.35. The third-order valence-electron chi connectivity index (χ3n) is 4.58. The van der Waals surface area contributed by atoms with E-state index in [-0.39, 0.29) is 22.6 Å². The van der Waals surface area contributed by atoms with Gasteiger partial charge >= 0.3 is 6.36 Å². The molecule has 5 nitrogen and oxygen atoms in total. The first-order chi connectivity index (χ1) is 13.5. The lowest BCUT2D eigenvalue weighted by molar-refractivity contribution is -0.274. The second-order valence-electron chi connectivity index (χ2n) is 6.70. The number of hydrogen-bond donors (Lipinski definition) is 0. The number of benzene rings is 2. The zero-order valence-corrected chi connectivity index (χ0v) is 17.0. The van der Waals surface area contributed by atoms with Crippen LogP contribution in [0.5, 0.6) is 5.75 Å². The fraction of sp³-hybridized carbons (Fsp3) is 0.368. The summed E-state index contributed by atoms with van der Waals surface area (Å²) in [7, 11) is -3.90. The molecule has 158 valence electrons. The number of hydrogen-bond acceptors (Lipinski definition) is 5. The van der Waals surface area contributed by atoms with Gasteiger partial charge < -0.3 is 9.64 Å². The number of alkyl halides is 3. The second-order valence-corrected chi connectivity index (χ2v) is 8.73. The summed E-state index contributed by atoms with van der Waals surface area (Å²) in [5.74, 6) is -0.489. The van der Waals surface area contributed by atoms with Crippen molar-refractivity contribution < 1.29 is 30.5 Å². The molecule has 0 unspecified atom stereocenters. The predicted octanol–water partition coefficient (Wildman–Crippen LogP) is 4.92. The molecule has 0 spiro atoms. The lowest BCUT2D eigenvalue weighted by atomic mass is 10.2. The van der Waals surface area contributed by atoms with Gasteiger partial charge in [0.1, 0.15) is 5.75 Å². The van der Waals surface area contributed by atoms with Gasteiger partial charge in [0.15, 0.2) is 0 Å². The summed E-state index contributed by atoms with van der Waals surface area (Å²) in [5.41, 5.74) is 1.50. The van der Waals surface area contributed by atoms with Crippen LogP contribution in [0.1, 0.15) is 18.4 Å². The average Bonchev–Trinajstić information content (AvgIpc) is 3.10. The van der Waals surface area contributed by atoms with E-state index in [1.54, 1.807) is 12.1 Å². The molecular weight excluding hydrogens is 431 g/mol. The summed E-state index contributed by atoms with van der Waals surface area (Å²) >= 11 is 5.93. The lowest BCUT2D eigenvalue weighted by Crippen LogP contribution is -2.34. The number of nitrogens with zero attached hydrogens (tertiary/aromatic N) is 1. The maximum absolute atomic E-state index is 12.4. The van der Waals surface area contributed by atoms with Crippen LogP contribution in [0.4, 0.5) is 18.9 Å². The van der Waals surface area contributed by atoms with E-state index in [4.69, 9.17) is 15.8 Å². The highest BCUT2D eigenvalue weighted by molar-refractivity contribution is 7.86. The quantitative estimate of drug-likeness (QED) is 0.586. The van der Waals surface area contributed by atoms with Gasteiger partial charge in [0.2, 0.25) is 0 Å². The normalized spacial score (nSPS) is 17.6. The molecule has 2 aromatic carbocycles. The summed E-state index contributed by atoms with van der Waals surface area (Å²) in [6.45, 7) is 2.38. The zero-order chi connectivity index (χ0) is 21.2. The first-order valence-electron chi connectivity index (χ1n) is 8.83. The van der Waals surface area contributed by atoms with Gasteiger partial charge in [-0.2, -0.15) is 8.42 Å². The highest BCUT2D eigenvalue weighted by atomic mass is 35.5. The Morgan fingerprint density at radius 3 is 2.48 bits per heavy atom. The maximum Gasteiger partial charge on any atom is 0.573 e. The van der Waals surface area contributed by atoms with Crippen molar-refractivity contribution in [3.05, 3.63) is 53.1 Å². The lowest BCUT2D eigenvalue weighted by Gasteiger charge is -2.27. The van der Waals surface area contributed by atoms with E-state index in [0.29, 0.717) is 18.7 Å². The molecule has 1 aliphatic rings. The van der Waals surface area contributed by atoms with Crippen molar-refractivity contribution in [3.63, 3.8) is 0 Å². The fourth-order valence-electron chi connectivity index (χ4n) is 3.17. The van der Waals surface area contributed by atoms with Crippen molar-refractivity contribution in [2.24, 2.45) is 0 Å². The third kappa shape index (κ3) is 5.55. The molecule has 0 aromatic heterocycles. The molecule has 0 amide bonds. The Morgan fingerprint density at radius 2 is 1.86 bits per heavy atom. The molecule has 1 aliphatic heterocycles. The summed E-state index contributed by atoms with van der Waals surface area (Å²) in [6, 6.07) is 10.1. The molecule has 2 aromatic rings. The van der Waals surface area contributed by atoms with E-state index in [1.807, 2.05) is 11.8 Å². The van der Waals surface area contributed by atoms with Crippen molar-refractivity contribution in [2.45, 2.75) is 37.1 Å². The number of rotatable bonds is 6. The number of aryl methyl sites for hydroxylation is 1. The fourth-order valence-corrected chi connectivity index (χ4v) is 4.32. The minimum absolute atomic E-state index is 0.0735. The van der Waals surface area contributed by atoms with Crippen LogP contribution in [-0.4, -0.2) is 34.0 Å². The molecule has 1 heterocycles. The monoisotopic (exact) mass is 449 g/mol. The Labute approximate surface area is 172 Å². The van der Waals surface area contributed by atoms with Crippen molar-refractivity contribution in [2.75, 3.05) is 18.1 Å². The SMILES string of the molecule is Cc1ccc(S(=O)(=O)OC[C@H]2CCCN2c2ccc(OC(F)(F)F)c(Cl)c2)cc1. The summed E-state index contributed by atoms with van der Waals surface area (Å²) < 4.78 is 71.1. The van der Waals surface area contributed by atoms with Crippen LogP contribution in [0.25, 0.3) is 0 Å². The highest BCUT2D eigenvalue weighted by Gasteiger charge is 2.33. The molecule has 0 aliphatic carbocycles. The molecule has 10 heteroatoms. The molecule has 0 bridgehead atoms. The molecule has 29 heavy (non-hydrogen) atoms. The van der Waals surface area contributed by atoms with E-state index < -0.39 is 22.2 Å². The summed E-state index contributed by atoms with van der Waals surface area (Å²) in [6.07, 6.45) is -3.36. The first kappa shape index (κ1) is 21.7. The van der Waals surface area contributed by atoms with Crippen LogP contribution in [0.2, 0.25) is 5.02 Å². The van der Waals surface area contributed by atoms with E-state index in [0.717, 1.165) is 18.1 Å². The van der Waals surface area contributed by atoms with Crippen LogP contribution in [-0.2, 0) is 14.3 Å². The van der Waals surface area contributed by atoms with Crippen LogP contribution < -0.4 is 9.64 Å². The molecule has 1 fully saturated rings. The Bertz CT molecular complexity index is 964. The van der Waals surface area contributed by atoms with E-state index in [2.05, 4.69) is 4.74 Å². The van der Waals surface area contributed by atoms with Gasteiger partial charge in [-0.15, -0.1) is 13.2 Å². The molecule has 0 radical (unpaired) electrons. The zero-order valence-electron chi connectivity index (χ0n) is 15.4. The van der Waals surface area contributed by atoms with Gasteiger partial charge in [-0.05, 0) is 50.1 Å². The number of halogens is 4. The maximum atomic E-state index is 12.4. The van der Waals surface area contributed by atoms with Crippen molar-refractivity contribution >= 4 is 27.4 Å². The van der Waals surface area contributed by atoms with Crippen molar-refractivity contribution in [3.8, 4) is 5.75 Å². The van der Waals surface area contributed by atoms with Crippen LogP contribution in [0, 0.1) is 6.92 Å². The largest absolute Gasteiger partial charge is 0.573 e. The van der Waals surface area contributed by atoms with Crippen molar-refractivity contribution in [1.82, 2.24) is 0 Å². The molecule has 1 saturated heterocycles. The Balaban J connectivity index is 1.70. The Morgan fingerprint density at radius 1 is 1.17 bits per heavy atom. The van der Waals surface area contributed by atoms with Crippen molar-refractivity contribution in [1.29, 1.82) is 0 Å².